The summed E-state index contributed by atoms with van der Waals surface area (Å²) in [5.74, 6) is -1.76. The van der Waals surface area contributed by atoms with Crippen molar-refractivity contribution in [2.24, 2.45) is 11.8 Å². The number of carbonyl (C=O) groups excluding carboxylic acids is 4. The van der Waals surface area contributed by atoms with Gasteiger partial charge in [-0.15, -0.1) is 0 Å². The van der Waals surface area contributed by atoms with E-state index in [4.69, 9.17) is 9.47 Å². The highest BCUT2D eigenvalue weighted by atomic mass is 16.5. The van der Waals surface area contributed by atoms with Crippen LogP contribution in [0.15, 0.2) is 96.1 Å². The fourth-order valence-electron chi connectivity index (χ4n) is 6.81. The maximum absolute atomic E-state index is 12.9. The predicted octanol–water partition coefficient (Wildman–Crippen LogP) is 6.88. The van der Waals surface area contributed by atoms with Crippen molar-refractivity contribution in [1.29, 1.82) is 0 Å². The van der Waals surface area contributed by atoms with Crippen LogP contribution >= 0.6 is 0 Å². The lowest BCUT2D eigenvalue weighted by Crippen LogP contribution is -2.27. The molecular weight excluding hydrogens is 757 g/mol. The van der Waals surface area contributed by atoms with E-state index < -0.39 is 11.8 Å². The lowest BCUT2D eigenvalue weighted by molar-refractivity contribution is -0.129. The van der Waals surface area contributed by atoms with Gasteiger partial charge in [-0.3, -0.25) is 19.2 Å². The molecule has 2 aliphatic rings. The summed E-state index contributed by atoms with van der Waals surface area (Å²) in [4.78, 5) is 50.7. The Kier molecular flexibility index (Phi) is 14.8. The monoisotopic (exact) mass is 802 g/mol. The molecule has 0 radical (unpaired) electrons. The lowest BCUT2D eigenvalue weighted by Gasteiger charge is -2.21. The van der Waals surface area contributed by atoms with Crippen LogP contribution < -0.4 is 9.47 Å². The van der Waals surface area contributed by atoms with Crippen LogP contribution in [-0.4, -0.2) is 68.0 Å². The summed E-state index contributed by atoms with van der Waals surface area (Å²) in [5.41, 5.74) is 4.62. The molecule has 2 fully saturated rings. The minimum Gasteiger partial charge on any atom is -0.508 e. The molecule has 0 aliphatic heterocycles. The predicted molar refractivity (Wildman–Crippen MR) is 221 cm³/mol. The molecule has 6 rings (SSSR count). The number of ether oxygens (including phenoxy) is 2. The number of hydrogen-bond acceptors (Lipinski definition) is 12. The highest BCUT2D eigenvalue weighted by Crippen LogP contribution is 2.33. The number of ketones is 4. The number of aliphatic hydroxyl groups excluding tert-OH is 2. The second kappa shape index (κ2) is 20.1. The second-order valence-electron chi connectivity index (χ2n) is 14.0. The summed E-state index contributed by atoms with van der Waals surface area (Å²) in [7, 11) is 2.89. The quantitative estimate of drug-likeness (QED) is 0.0640. The van der Waals surface area contributed by atoms with E-state index in [1.807, 2.05) is 0 Å². The van der Waals surface area contributed by atoms with Gasteiger partial charge in [0.15, 0.2) is 46.1 Å². The number of carbonyl (C=O) groups is 4. The highest BCUT2D eigenvalue weighted by Gasteiger charge is 2.33. The smallest absolute Gasteiger partial charge is 0.169 e. The molecule has 12 heteroatoms. The number of phenols is 4. The SMILES string of the molecule is COc1cc(/C=C/C(=O)C2CC/C(=C\c3ccc(O)c(CO)c3)C2=O)ccc1O.COc1cc(/C=C/C(=O)C2CCC/C(=C\c3ccc(O)c(CO)c3)C2=O)ccc1O. The summed E-state index contributed by atoms with van der Waals surface area (Å²) < 4.78 is 10.1. The molecule has 59 heavy (non-hydrogen) atoms. The maximum Gasteiger partial charge on any atom is 0.169 e. The summed E-state index contributed by atoms with van der Waals surface area (Å²) >= 11 is 0. The average Bonchev–Trinajstić information content (AvgIpc) is 3.61. The Morgan fingerprint density at radius 3 is 1.42 bits per heavy atom. The zero-order valence-electron chi connectivity index (χ0n) is 32.6. The fraction of sp³-hybridized carbons (Fsp3) is 0.234. The van der Waals surface area contributed by atoms with Gasteiger partial charge in [0.1, 0.15) is 11.5 Å². The molecule has 306 valence electrons. The summed E-state index contributed by atoms with van der Waals surface area (Å²) in [6.07, 6.45) is 12.1. The second-order valence-corrected chi connectivity index (χ2v) is 14.0. The van der Waals surface area contributed by atoms with Crippen LogP contribution in [0.5, 0.6) is 34.5 Å². The van der Waals surface area contributed by atoms with Crippen LogP contribution in [-0.2, 0) is 32.4 Å². The lowest BCUT2D eigenvalue weighted by atomic mass is 9.81. The molecule has 0 saturated heterocycles. The number of Topliss-reactive ketones (excluding diaryl/α,β-unsaturated/α-hetero) is 2. The molecule has 2 unspecified atom stereocenters. The minimum atomic E-state index is -0.727. The van der Waals surface area contributed by atoms with Crippen molar-refractivity contribution in [3.63, 3.8) is 0 Å². The standard InChI is InChI=1S/C24H24O6.C23H22O6/c1-30-23-13-15(6-10-22(23)28)5-9-21(27)19-4-2-3-17(24(19)29)11-16-7-8-20(26)18(12-16)14-25;1-29-22-12-14(3-9-21(22)27)2-8-20(26)18-6-5-16(23(18)28)10-15-4-7-19(25)17(11-15)13-24/h5-13,19,25-26,28H,2-4,14H2,1H3;2-4,7-12,18,24-25,27H,5-6,13H2,1H3/b9-5+,17-11+;8-2+,16-10+. The summed E-state index contributed by atoms with van der Waals surface area (Å²) in [6, 6.07) is 19.0. The van der Waals surface area contributed by atoms with Crippen molar-refractivity contribution in [3.8, 4) is 34.5 Å². The molecule has 2 saturated carbocycles. The first kappa shape index (κ1) is 43.4. The van der Waals surface area contributed by atoms with Gasteiger partial charge in [-0.05, 0) is 138 Å². The molecule has 0 amide bonds. The van der Waals surface area contributed by atoms with Crippen molar-refractivity contribution < 1.29 is 59.3 Å². The average molecular weight is 803 g/mol. The highest BCUT2D eigenvalue weighted by molar-refractivity contribution is 6.18. The van der Waals surface area contributed by atoms with E-state index in [1.165, 1.54) is 50.6 Å². The van der Waals surface area contributed by atoms with E-state index in [-0.39, 0.29) is 59.3 Å². The number of methoxy groups -OCH3 is 2. The van der Waals surface area contributed by atoms with Crippen LogP contribution in [0, 0.1) is 11.8 Å². The number of aliphatic hydroxyl groups is 2. The zero-order chi connectivity index (χ0) is 42.6. The molecule has 4 aromatic rings. The largest absolute Gasteiger partial charge is 0.508 e. The van der Waals surface area contributed by atoms with Crippen LogP contribution in [0.4, 0.5) is 0 Å². The number of hydrogen-bond donors (Lipinski definition) is 6. The molecule has 6 N–H and O–H groups in total. The molecule has 12 nitrogen and oxygen atoms in total. The van der Waals surface area contributed by atoms with E-state index in [9.17, 15) is 49.8 Å². The summed E-state index contributed by atoms with van der Waals surface area (Å²) in [5, 5.41) is 57.2. The number of aromatic hydroxyl groups is 4. The van der Waals surface area contributed by atoms with Gasteiger partial charge in [0, 0.05) is 11.1 Å². The molecular formula is C47H46O12. The summed E-state index contributed by atoms with van der Waals surface area (Å²) in [6.45, 7) is -0.602. The van der Waals surface area contributed by atoms with Crippen molar-refractivity contribution >= 4 is 47.4 Å². The normalized spacial score (nSPS) is 18.0. The van der Waals surface area contributed by atoms with Gasteiger partial charge in [0.05, 0.1) is 39.3 Å². The molecule has 2 atom stereocenters. The van der Waals surface area contributed by atoms with E-state index >= 15 is 0 Å². The Labute approximate surface area is 341 Å². The van der Waals surface area contributed by atoms with Crippen molar-refractivity contribution in [2.45, 2.75) is 45.3 Å². The number of phenolic OH excluding ortho intramolecular Hbond substituents is 2. The minimum absolute atomic E-state index is 0.00123. The fourth-order valence-corrected chi connectivity index (χ4v) is 6.81. The van der Waals surface area contributed by atoms with Crippen molar-refractivity contribution in [3.05, 3.63) is 129 Å². The van der Waals surface area contributed by atoms with Gasteiger partial charge in [-0.25, -0.2) is 0 Å². The van der Waals surface area contributed by atoms with Gasteiger partial charge in [-0.2, -0.15) is 0 Å². The van der Waals surface area contributed by atoms with Gasteiger partial charge in [-0.1, -0.05) is 36.4 Å². The Morgan fingerprint density at radius 1 is 0.576 bits per heavy atom. The Hall–Kier alpha value is -6.76. The topological polar surface area (TPSA) is 208 Å². The van der Waals surface area contributed by atoms with Gasteiger partial charge in [0.2, 0.25) is 0 Å². The maximum atomic E-state index is 12.9. The zero-order valence-corrected chi connectivity index (χ0v) is 32.6. The van der Waals surface area contributed by atoms with Crippen LogP contribution in [0.1, 0.15) is 65.5 Å². The van der Waals surface area contributed by atoms with E-state index in [0.29, 0.717) is 81.7 Å². The van der Waals surface area contributed by atoms with E-state index in [1.54, 1.807) is 72.8 Å². The third-order valence-electron chi connectivity index (χ3n) is 10.1. The van der Waals surface area contributed by atoms with Gasteiger partial charge in [0.25, 0.3) is 0 Å². The first-order valence-corrected chi connectivity index (χ1v) is 18.9. The number of rotatable bonds is 12. The Bertz CT molecular complexity index is 2350. The van der Waals surface area contributed by atoms with Gasteiger partial charge >= 0.3 is 0 Å². The molecule has 0 aromatic heterocycles. The third-order valence-corrected chi connectivity index (χ3v) is 10.1. The number of allylic oxidation sites excluding steroid dienone is 4. The molecule has 4 aromatic carbocycles. The van der Waals surface area contributed by atoms with Crippen LogP contribution in [0.2, 0.25) is 0 Å². The number of benzene rings is 4. The van der Waals surface area contributed by atoms with Crippen LogP contribution in [0.3, 0.4) is 0 Å². The first-order chi connectivity index (χ1) is 28.3. The van der Waals surface area contributed by atoms with E-state index in [2.05, 4.69) is 0 Å². The Morgan fingerprint density at radius 2 is 0.983 bits per heavy atom. The van der Waals surface area contributed by atoms with Crippen LogP contribution in [0.25, 0.3) is 24.3 Å². The molecule has 0 bridgehead atoms. The van der Waals surface area contributed by atoms with Crippen molar-refractivity contribution in [2.75, 3.05) is 14.2 Å². The van der Waals surface area contributed by atoms with Gasteiger partial charge < -0.3 is 40.1 Å². The molecule has 0 spiro atoms. The molecule has 0 heterocycles. The first-order valence-electron chi connectivity index (χ1n) is 18.9. The molecule has 2 aliphatic carbocycles. The third kappa shape index (κ3) is 11.0. The van der Waals surface area contributed by atoms with E-state index in [0.717, 1.165) is 6.42 Å². The Balaban J connectivity index is 0.000000224. The van der Waals surface area contributed by atoms with Crippen molar-refractivity contribution in [1.82, 2.24) is 0 Å².